The van der Waals surface area contributed by atoms with Gasteiger partial charge in [0.05, 0.1) is 0 Å². The second kappa shape index (κ2) is 5.00. The number of aromatic nitrogens is 2. The number of aryl methyl sites for hydroxylation is 2. The lowest BCUT2D eigenvalue weighted by Crippen LogP contribution is -2.26. The molecule has 0 spiro atoms. The summed E-state index contributed by atoms with van der Waals surface area (Å²) >= 11 is 0. The van der Waals surface area contributed by atoms with E-state index in [1.165, 1.54) is 29.7 Å². The molecule has 2 aromatic rings. The molecule has 0 radical (unpaired) electrons. The van der Waals surface area contributed by atoms with Crippen molar-refractivity contribution in [3.05, 3.63) is 47.4 Å². The van der Waals surface area contributed by atoms with Gasteiger partial charge < -0.3 is 4.90 Å². The standard InChI is InChI=1S/C16H19N3/c1-3-15-17-10-9-16(18-15)19-11-5-7-13-12(2)6-4-8-14(13)19/h4,6,8-10H,3,5,7,11H2,1-2H3. The van der Waals surface area contributed by atoms with Crippen molar-refractivity contribution in [2.45, 2.75) is 33.1 Å². The molecule has 3 heteroatoms. The number of benzene rings is 1. The second-order valence-electron chi connectivity index (χ2n) is 5.01. The number of anilines is 2. The van der Waals surface area contributed by atoms with Gasteiger partial charge in [0.25, 0.3) is 0 Å². The van der Waals surface area contributed by atoms with Crippen molar-refractivity contribution in [1.29, 1.82) is 0 Å². The average molecular weight is 253 g/mol. The van der Waals surface area contributed by atoms with Crippen LogP contribution in [0.1, 0.15) is 30.3 Å². The average Bonchev–Trinajstić information content (AvgIpc) is 2.47. The van der Waals surface area contributed by atoms with Gasteiger partial charge in [0, 0.05) is 24.8 Å². The van der Waals surface area contributed by atoms with E-state index in [0.29, 0.717) is 0 Å². The Morgan fingerprint density at radius 3 is 3.00 bits per heavy atom. The summed E-state index contributed by atoms with van der Waals surface area (Å²) in [6, 6.07) is 8.54. The Kier molecular flexibility index (Phi) is 3.20. The Labute approximate surface area is 114 Å². The molecular formula is C16H19N3. The summed E-state index contributed by atoms with van der Waals surface area (Å²) < 4.78 is 0. The summed E-state index contributed by atoms with van der Waals surface area (Å²) in [6.45, 7) is 5.32. The van der Waals surface area contributed by atoms with Crippen LogP contribution in [0.5, 0.6) is 0 Å². The van der Waals surface area contributed by atoms with Crippen molar-refractivity contribution in [3.8, 4) is 0 Å². The molecule has 0 amide bonds. The molecule has 0 saturated carbocycles. The van der Waals surface area contributed by atoms with Gasteiger partial charge >= 0.3 is 0 Å². The fourth-order valence-corrected chi connectivity index (χ4v) is 2.75. The van der Waals surface area contributed by atoms with Crippen LogP contribution in [-0.4, -0.2) is 16.5 Å². The molecule has 1 aliphatic heterocycles. The molecule has 1 aromatic heterocycles. The molecule has 0 saturated heterocycles. The van der Waals surface area contributed by atoms with E-state index in [1.54, 1.807) is 0 Å². The minimum atomic E-state index is 0.877. The van der Waals surface area contributed by atoms with Crippen LogP contribution in [0.15, 0.2) is 30.5 Å². The molecule has 0 N–H and O–H groups in total. The van der Waals surface area contributed by atoms with Crippen LogP contribution in [0.25, 0.3) is 0 Å². The Morgan fingerprint density at radius 2 is 2.16 bits per heavy atom. The number of rotatable bonds is 2. The smallest absolute Gasteiger partial charge is 0.136 e. The number of fused-ring (bicyclic) bond motifs is 1. The molecule has 3 nitrogen and oxygen atoms in total. The van der Waals surface area contributed by atoms with E-state index >= 15 is 0 Å². The number of hydrogen-bond acceptors (Lipinski definition) is 3. The topological polar surface area (TPSA) is 29.0 Å². The van der Waals surface area contributed by atoms with E-state index in [0.717, 1.165) is 24.6 Å². The molecule has 98 valence electrons. The van der Waals surface area contributed by atoms with Crippen molar-refractivity contribution < 1.29 is 0 Å². The highest BCUT2D eigenvalue weighted by molar-refractivity contribution is 5.66. The van der Waals surface area contributed by atoms with Gasteiger partial charge in [-0.15, -0.1) is 0 Å². The van der Waals surface area contributed by atoms with Gasteiger partial charge in [-0.25, -0.2) is 9.97 Å². The van der Waals surface area contributed by atoms with E-state index in [-0.39, 0.29) is 0 Å². The molecule has 1 aromatic carbocycles. The lowest BCUT2D eigenvalue weighted by Gasteiger charge is -2.31. The van der Waals surface area contributed by atoms with E-state index < -0.39 is 0 Å². The molecule has 0 atom stereocenters. The molecule has 0 bridgehead atoms. The first-order chi connectivity index (χ1) is 9.29. The predicted molar refractivity (Wildman–Crippen MR) is 77.9 cm³/mol. The van der Waals surface area contributed by atoms with Crippen LogP contribution < -0.4 is 4.90 Å². The van der Waals surface area contributed by atoms with E-state index in [1.807, 2.05) is 12.3 Å². The molecule has 19 heavy (non-hydrogen) atoms. The van der Waals surface area contributed by atoms with Crippen LogP contribution in [0.2, 0.25) is 0 Å². The monoisotopic (exact) mass is 253 g/mol. The van der Waals surface area contributed by atoms with Crippen molar-refractivity contribution in [3.63, 3.8) is 0 Å². The van der Waals surface area contributed by atoms with E-state index in [9.17, 15) is 0 Å². The molecule has 1 aliphatic rings. The van der Waals surface area contributed by atoms with Crippen LogP contribution >= 0.6 is 0 Å². The van der Waals surface area contributed by atoms with E-state index in [2.05, 4.69) is 46.9 Å². The van der Waals surface area contributed by atoms with Gasteiger partial charge in [-0.3, -0.25) is 0 Å². The second-order valence-corrected chi connectivity index (χ2v) is 5.01. The molecule has 2 heterocycles. The minimum Gasteiger partial charge on any atom is -0.326 e. The fraction of sp³-hybridized carbons (Fsp3) is 0.375. The SMILES string of the molecule is CCc1nccc(N2CCCc3c(C)cccc32)n1. The summed E-state index contributed by atoms with van der Waals surface area (Å²) in [6.07, 6.45) is 5.10. The van der Waals surface area contributed by atoms with Crippen molar-refractivity contribution in [2.24, 2.45) is 0 Å². The third-order valence-electron chi connectivity index (χ3n) is 3.77. The van der Waals surface area contributed by atoms with Crippen molar-refractivity contribution >= 4 is 11.5 Å². The quantitative estimate of drug-likeness (QED) is 0.821. The predicted octanol–water partition coefficient (Wildman–Crippen LogP) is 3.43. The lowest BCUT2D eigenvalue weighted by molar-refractivity contribution is 0.750. The van der Waals surface area contributed by atoms with Crippen LogP contribution in [0, 0.1) is 6.92 Å². The van der Waals surface area contributed by atoms with Gasteiger partial charge in [-0.05, 0) is 43.0 Å². The summed E-state index contributed by atoms with van der Waals surface area (Å²) in [4.78, 5) is 11.3. The largest absolute Gasteiger partial charge is 0.326 e. The Morgan fingerprint density at radius 1 is 1.26 bits per heavy atom. The zero-order valence-corrected chi connectivity index (χ0v) is 11.6. The maximum Gasteiger partial charge on any atom is 0.136 e. The van der Waals surface area contributed by atoms with Gasteiger partial charge in [0.1, 0.15) is 11.6 Å². The molecule has 0 fully saturated rings. The zero-order chi connectivity index (χ0) is 13.2. The lowest BCUT2D eigenvalue weighted by atomic mass is 9.97. The van der Waals surface area contributed by atoms with Crippen molar-refractivity contribution in [1.82, 2.24) is 9.97 Å². The first-order valence-corrected chi connectivity index (χ1v) is 6.97. The summed E-state index contributed by atoms with van der Waals surface area (Å²) in [5.41, 5.74) is 4.16. The highest BCUT2D eigenvalue weighted by Crippen LogP contribution is 2.33. The minimum absolute atomic E-state index is 0.877. The first-order valence-electron chi connectivity index (χ1n) is 6.97. The van der Waals surface area contributed by atoms with E-state index in [4.69, 9.17) is 0 Å². The molecule has 0 unspecified atom stereocenters. The maximum atomic E-state index is 4.66. The number of nitrogens with zero attached hydrogens (tertiary/aromatic N) is 3. The summed E-state index contributed by atoms with van der Waals surface area (Å²) in [5, 5.41) is 0. The van der Waals surface area contributed by atoms with Gasteiger partial charge in [-0.2, -0.15) is 0 Å². The molecule has 3 rings (SSSR count). The fourth-order valence-electron chi connectivity index (χ4n) is 2.75. The third-order valence-corrected chi connectivity index (χ3v) is 3.77. The normalized spacial score (nSPS) is 14.3. The van der Waals surface area contributed by atoms with Crippen LogP contribution in [-0.2, 0) is 12.8 Å². The Balaban J connectivity index is 2.06. The van der Waals surface area contributed by atoms with Crippen LogP contribution in [0.3, 0.4) is 0 Å². The zero-order valence-electron chi connectivity index (χ0n) is 11.6. The molecular weight excluding hydrogens is 234 g/mol. The summed E-state index contributed by atoms with van der Waals surface area (Å²) in [7, 11) is 0. The van der Waals surface area contributed by atoms with Crippen LogP contribution in [0.4, 0.5) is 11.5 Å². The maximum absolute atomic E-state index is 4.66. The van der Waals surface area contributed by atoms with Crippen molar-refractivity contribution in [2.75, 3.05) is 11.4 Å². The van der Waals surface area contributed by atoms with Gasteiger partial charge in [0.15, 0.2) is 0 Å². The third kappa shape index (κ3) is 2.21. The molecule has 0 aliphatic carbocycles. The Hall–Kier alpha value is -1.90. The summed E-state index contributed by atoms with van der Waals surface area (Å²) in [5.74, 6) is 1.94. The first kappa shape index (κ1) is 12.2. The highest BCUT2D eigenvalue weighted by Gasteiger charge is 2.20. The van der Waals surface area contributed by atoms with Gasteiger partial charge in [-0.1, -0.05) is 19.1 Å². The number of hydrogen-bond donors (Lipinski definition) is 0. The van der Waals surface area contributed by atoms with Gasteiger partial charge in [0.2, 0.25) is 0 Å². The highest BCUT2D eigenvalue weighted by atomic mass is 15.2. The Bertz CT molecular complexity index is 592.